The van der Waals surface area contributed by atoms with Crippen LogP contribution in [-0.2, 0) is 0 Å². The van der Waals surface area contributed by atoms with Gasteiger partial charge in [-0.3, -0.25) is 0 Å². The molecule has 2 aliphatic rings. The lowest BCUT2D eigenvalue weighted by molar-refractivity contribution is 1.22. The minimum atomic E-state index is 0.0640. The molecule has 0 N–H and O–H groups in total. The Labute approximate surface area is 343 Å². The lowest BCUT2D eigenvalue weighted by Gasteiger charge is -2.44. The number of rotatable bonds is 5. The van der Waals surface area contributed by atoms with Gasteiger partial charge in [0.25, 0.3) is 6.71 Å². The summed E-state index contributed by atoms with van der Waals surface area (Å²) >= 11 is 0. The lowest BCUT2D eigenvalue weighted by atomic mass is 9.33. The number of nitrogens with zero attached hydrogens (tertiary/aromatic N) is 3. The van der Waals surface area contributed by atoms with Crippen LogP contribution in [0.4, 0.5) is 34.1 Å². The van der Waals surface area contributed by atoms with Gasteiger partial charge < -0.3 is 14.2 Å². The van der Waals surface area contributed by atoms with Crippen molar-refractivity contribution in [3.05, 3.63) is 205 Å². The summed E-state index contributed by atoms with van der Waals surface area (Å²) in [6.07, 6.45) is 6.27. The summed E-state index contributed by atoms with van der Waals surface area (Å²) in [5.41, 5.74) is 18.4. The van der Waals surface area contributed by atoms with Gasteiger partial charge in [-0.15, -0.1) is 0 Å². The van der Waals surface area contributed by atoms with Gasteiger partial charge in [-0.25, -0.2) is 0 Å². The maximum Gasteiger partial charge on any atom is 0.252 e. The van der Waals surface area contributed by atoms with Crippen LogP contribution < -0.4 is 36.8 Å². The molecule has 4 heterocycles. The Morgan fingerprint density at radius 1 is 0.508 bits per heavy atom. The molecular weight excluding hydrogens is 713 g/mol. The minimum absolute atomic E-state index is 0.0640. The third-order valence-electron chi connectivity index (χ3n) is 12.6. The number of anilines is 6. The smallest absolute Gasteiger partial charge is 0.252 e. The highest BCUT2D eigenvalue weighted by atomic mass is 15.2. The van der Waals surface area contributed by atoms with Gasteiger partial charge in [0.05, 0.1) is 16.4 Å². The Bertz CT molecular complexity index is 3420. The van der Waals surface area contributed by atoms with Gasteiger partial charge in [0.2, 0.25) is 0 Å². The summed E-state index contributed by atoms with van der Waals surface area (Å²) in [6, 6.07) is 67.1. The molecule has 0 amide bonds. The summed E-state index contributed by atoms with van der Waals surface area (Å²) in [5.74, 6) is 0. The van der Waals surface area contributed by atoms with E-state index >= 15 is 0 Å². The van der Waals surface area contributed by atoms with Crippen molar-refractivity contribution in [3.63, 3.8) is 0 Å². The van der Waals surface area contributed by atoms with Crippen LogP contribution in [0.2, 0.25) is 0 Å². The monoisotopic (exact) mass is 751 g/mol. The van der Waals surface area contributed by atoms with Crippen LogP contribution in [0, 0.1) is 0 Å². The molecule has 10 aromatic rings. The van der Waals surface area contributed by atoms with E-state index in [0.29, 0.717) is 0 Å². The topological polar surface area (TPSA) is 10.9 Å². The van der Waals surface area contributed by atoms with Crippen molar-refractivity contribution in [1.29, 1.82) is 0 Å². The molecule has 0 bridgehead atoms. The Morgan fingerprint density at radius 2 is 1.12 bits per heavy atom. The van der Waals surface area contributed by atoms with E-state index in [2.05, 4.69) is 222 Å². The van der Waals surface area contributed by atoms with Crippen LogP contribution >= 0.6 is 0 Å². The van der Waals surface area contributed by atoms with E-state index in [1.807, 2.05) is 6.08 Å². The number of hydrogen-bond acceptors (Lipinski definition) is 2. The van der Waals surface area contributed by atoms with Gasteiger partial charge in [0.1, 0.15) is 0 Å². The average Bonchev–Trinajstić information content (AvgIpc) is 3.80. The van der Waals surface area contributed by atoms with Gasteiger partial charge >= 0.3 is 0 Å². The number of hydrogen-bond donors (Lipinski definition) is 0. The van der Waals surface area contributed by atoms with E-state index in [1.165, 1.54) is 99.2 Å². The van der Waals surface area contributed by atoms with Crippen molar-refractivity contribution >= 4 is 96.6 Å². The maximum atomic E-state index is 4.06. The molecule has 4 heteroatoms. The van der Waals surface area contributed by atoms with Gasteiger partial charge in [-0.1, -0.05) is 140 Å². The second-order valence-electron chi connectivity index (χ2n) is 15.6. The van der Waals surface area contributed by atoms with E-state index in [4.69, 9.17) is 0 Å². The first-order valence-corrected chi connectivity index (χ1v) is 20.5. The number of aromatic nitrogens is 1. The Morgan fingerprint density at radius 3 is 1.88 bits per heavy atom. The normalized spacial score (nSPS) is 13.7. The van der Waals surface area contributed by atoms with Crippen molar-refractivity contribution in [1.82, 2.24) is 4.40 Å². The maximum absolute atomic E-state index is 4.06. The fourth-order valence-electron chi connectivity index (χ4n) is 10.3. The first kappa shape index (κ1) is 33.6. The summed E-state index contributed by atoms with van der Waals surface area (Å²) < 4.78 is 2.41. The molecule has 2 aromatic heterocycles. The molecule has 0 aliphatic carbocycles. The molecule has 276 valence electrons. The van der Waals surface area contributed by atoms with Crippen molar-refractivity contribution in [3.8, 4) is 22.3 Å². The van der Waals surface area contributed by atoms with Crippen LogP contribution in [-0.4, -0.2) is 11.1 Å². The van der Waals surface area contributed by atoms with Crippen molar-refractivity contribution in [2.45, 2.75) is 6.92 Å². The Kier molecular flexibility index (Phi) is 7.39. The van der Waals surface area contributed by atoms with Gasteiger partial charge in [-0.05, 0) is 107 Å². The van der Waals surface area contributed by atoms with Gasteiger partial charge in [-0.2, -0.15) is 0 Å². The second-order valence-corrected chi connectivity index (χ2v) is 15.6. The first-order valence-electron chi connectivity index (χ1n) is 20.5. The summed E-state index contributed by atoms with van der Waals surface area (Å²) in [6.45, 7) is 6.26. The summed E-state index contributed by atoms with van der Waals surface area (Å²) in [7, 11) is 0. The van der Waals surface area contributed by atoms with E-state index in [1.54, 1.807) is 0 Å². The number of para-hydroxylation sites is 5. The van der Waals surface area contributed by atoms with Crippen molar-refractivity contribution < 1.29 is 0 Å². The first-order chi connectivity index (χ1) is 29.2. The predicted octanol–water partition coefficient (Wildman–Crippen LogP) is 10.9. The highest BCUT2D eigenvalue weighted by Gasteiger charge is 2.43. The highest BCUT2D eigenvalue weighted by Crippen LogP contribution is 2.46. The van der Waals surface area contributed by atoms with E-state index in [0.717, 1.165) is 11.4 Å². The SMILES string of the molecule is C=C/C=c1\c(=C/C)c2cc(-c3ccc(-c4cccc5c4N(c4ccccc4)c4cccc6c4B5c4ccccc4N6c4ccccc4)cc3)cc3c4ccccc4n1c23. The predicted molar refractivity (Wildman–Crippen MR) is 253 cm³/mol. The van der Waals surface area contributed by atoms with Crippen LogP contribution in [0.25, 0.3) is 61.6 Å². The lowest BCUT2D eigenvalue weighted by Crippen LogP contribution is -2.61. The molecule has 0 spiro atoms. The molecule has 3 nitrogen and oxygen atoms in total. The van der Waals surface area contributed by atoms with Crippen LogP contribution in [0.15, 0.2) is 195 Å². The van der Waals surface area contributed by atoms with Crippen LogP contribution in [0.5, 0.6) is 0 Å². The van der Waals surface area contributed by atoms with E-state index < -0.39 is 0 Å². The molecule has 0 atom stereocenters. The zero-order valence-corrected chi connectivity index (χ0v) is 32.7. The molecule has 0 saturated carbocycles. The zero-order chi connectivity index (χ0) is 39.2. The van der Waals surface area contributed by atoms with Crippen LogP contribution in [0.3, 0.4) is 0 Å². The van der Waals surface area contributed by atoms with E-state index in [9.17, 15) is 0 Å². The molecule has 8 aromatic carbocycles. The standard InChI is InChI=1S/C55H38BN3/c1-3-17-48-41(4-2)44-34-38(35-45-43-22-11-13-26-49(43)59(48)54(44)45)36-30-32-37(33-31-36)42-23-15-25-47-55(42)58(40-20-9-6-10-21-40)52-29-16-28-51-53(52)56(47)46-24-12-14-27-50(46)57(51)39-18-7-5-8-19-39/h3-35H,1H2,2H3/b41-4-,48-17+. The number of fused-ring (bicyclic) bond motifs is 7. The fraction of sp³-hybridized carbons (Fsp3) is 0.0182. The summed E-state index contributed by atoms with van der Waals surface area (Å²) in [5, 5.41) is 6.22. The minimum Gasteiger partial charge on any atom is -0.311 e. The quantitative estimate of drug-likeness (QED) is 0.162. The summed E-state index contributed by atoms with van der Waals surface area (Å²) in [4.78, 5) is 4.95. The molecule has 0 radical (unpaired) electrons. The molecular formula is C55H38BN3. The van der Waals surface area contributed by atoms with Crippen molar-refractivity contribution in [2.24, 2.45) is 0 Å². The molecule has 59 heavy (non-hydrogen) atoms. The number of benzene rings is 8. The van der Waals surface area contributed by atoms with E-state index in [-0.39, 0.29) is 6.71 Å². The second kappa shape index (κ2) is 13.0. The molecule has 0 fully saturated rings. The van der Waals surface area contributed by atoms with Gasteiger partial charge in [0.15, 0.2) is 0 Å². The third kappa shape index (κ3) is 4.78. The highest BCUT2D eigenvalue weighted by molar-refractivity contribution is 7.00. The molecule has 12 rings (SSSR count). The molecule has 2 aliphatic heterocycles. The van der Waals surface area contributed by atoms with Crippen LogP contribution in [0.1, 0.15) is 6.92 Å². The zero-order valence-electron chi connectivity index (χ0n) is 32.7. The largest absolute Gasteiger partial charge is 0.311 e. The average molecular weight is 752 g/mol. The number of allylic oxidation sites excluding steroid dienone is 1. The molecule has 0 unspecified atom stereocenters. The molecule has 0 saturated heterocycles. The fourth-order valence-corrected chi connectivity index (χ4v) is 10.3. The van der Waals surface area contributed by atoms with Gasteiger partial charge in [0, 0.05) is 61.1 Å². The Balaban J connectivity index is 1.06. The third-order valence-corrected chi connectivity index (χ3v) is 12.6. The Hall–Kier alpha value is -7.56. The van der Waals surface area contributed by atoms with Crippen molar-refractivity contribution in [2.75, 3.05) is 9.80 Å².